The van der Waals surface area contributed by atoms with E-state index in [1.807, 2.05) is 0 Å². The Labute approximate surface area is 116 Å². The van der Waals surface area contributed by atoms with Gasteiger partial charge in [0.05, 0.1) is 0 Å². The monoisotopic (exact) mass is 259 g/mol. The molecular formula is C17H25NO. The summed E-state index contributed by atoms with van der Waals surface area (Å²) in [5.74, 6) is 0.667. The fraction of sp³-hybridized carbons (Fsp3) is 0.647. The molecule has 2 nitrogen and oxygen atoms in total. The SMILES string of the molecule is NC1(c2cccc(C3CCOCC3)c2)CCCCC1. The summed E-state index contributed by atoms with van der Waals surface area (Å²) >= 11 is 0. The Bertz CT molecular complexity index is 417. The second-order valence-electron chi connectivity index (χ2n) is 6.23. The Hall–Kier alpha value is -0.860. The van der Waals surface area contributed by atoms with Crippen LogP contribution in [0.15, 0.2) is 24.3 Å². The number of hydrogen-bond acceptors (Lipinski definition) is 2. The van der Waals surface area contributed by atoms with Crippen LogP contribution in [0, 0.1) is 0 Å². The van der Waals surface area contributed by atoms with Crippen LogP contribution in [0.2, 0.25) is 0 Å². The first-order valence-electron chi connectivity index (χ1n) is 7.75. The maximum absolute atomic E-state index is 6.65. The summed E-state index contributed by atoms with van der Waals surface area (Å²) in [4.78, 5) is 0. The summed E-state index contributed by atoms with van der Waals surface area (Å²) in [6, 6.07) is 9.07. The molecule has 1 heterocycles. The van der Waals surface area contributed by atoms with Crippen molar-refractivity contribution in [3.05, 3.63) is 35.4 Å². The molecule has 0 unspecified atom stereocenters. The van der Waals surface area contributed by atoms with E-state index >= 15 is 0 Å². The first kappa shape index (κ1) is 13.1. The largest absolute Gasteiger partial charge is 0.381 e. The lowest BCUT2D eigenvalue weighted by molar-refractivity contribution is 0.0853. The van der Waals surface area contributed by atoms with Gasteiger partial charge in [-0.1, -0.05) is 43.5 Å². The van der Waals surface area contributed by atoms with Gasteiger partial charge in [-0.3, -0.25) is 0 Å². The fourth-order valence-electron chi connectivity index (χ4n) is 3.60. The number of hydrogen-bond donors (Lipinski definition) is 1. The molecule has 2 aliphatic rings. The zero-order valence-corrected chi connectivity index (χ0v) is 11.7. The Morgan fingerprint density at radius 1 is 1.05 bits per heavy atom. The summed E-state index contributed by atoms with van der Waals surface area (Å²) in [7, 11) is 0. The highest BCUT2D eigenvalue weighted by Crippen LogP contribution is 2.36. The highest BCUT2D eigenvalue weighted by molar-refractivity contribution is 5.32. The van der Waals surface area contributed by atoms with Gasteiger partial charge >= 0.3 is 0 Å². The topological polar surface area (TPSA) is 35.2 Å². The predicted octanol–water partition coefficient (Wildman–Crippen LogP) is 3.70. The van der Waals surface area contributed by atoms with E-state index in [0.29, 0.717) is 5.92 Å². The molecule has 0 spiro atoms. The summed E-state index contributed by atoms with van der Waals surface area (Å²) in [5, 5.41) is 0. The molecule has 2 heteroatoms. The molecule has 1 aromatic carbocycles. The first-order chi connectivity index (χ1) is 9.28. The molecule has 1 saturated heterocycles. The van der Waals surface area contributed by atoms with Crippen LogP contribution in [0.3, 0.4) is 0 Å². The van der Waals surface area contributed by atoms with Gasteiger partial charge in [0.1, 0.15) is 0 Å². The molecule has 0 bridgehead atoms. The number of rotatable bonds is 2. The molecule has 19 heavy (non-hydrogen) atoms. The van der Waals surface area contributed by atoms with Crippen molar-refractivity contribution in [1.82, 2.24) is 0 Å². The van der Waals surface area contributed by atoms with Gasteiger partial charge in [0, 0.05) is 18.8 Å². The zero-order valence-electron chi connectivity index (χ0n) is 11.7. The molecule has 2 fully saturated rings. The minimum Gasteiger partial charge on any atom is -0.381 e. The second-order valence-corrected chi connectivity index (χ2v) is 6.23. The van der Waals surface area contributed by atoms with Crippen molar-refractivity contribution >= 4 is 0 Å². The summed E-state index contributed by atoms with van der Waals surface area (Å²) in [6.07, 6.45) is 8.49. The third-order valence-electron chi connectivity index (χ3n) is 4.90. The third kappa shape index (κ3) is 2.85. The Morgan fingerprint density at radius 2 is 1.79 bits per heavy atom. The summed E-state index contributed by atoms with van der Waals surface area (Å²) in [6.45, 7) is 1.81. The Balaban J connectivity index is 1.82. The molecule has 1 aliphatic heterocycles. The van der Waals surface area contributed by atoms with Gasteiger partial charge in [0.25, 0.3) is 0 Å². The molecule has 1 aromatic rings. The Kier molecular flexibility index (Phi) is 3.90. The average molecular weight is 259 g/mol. The van der Waals surface area contributed by atoms with Crippen LogP contribution >= 0.6 is 0 Å². The second kappa shape index (κ2) is 5.64. The molecule has 1 aliphatic carbocycles. The number of nitrogens with two attached hydrogens (primary N) is 1. The molecule has 2 N–H and O–H groups in total. The van der Waals surface area contributed by atoms with Gasteiger partial charge in [-0.05, 0) is 42.7 Å². The molecule has 0 amide bonds. The standard InChI is InChI=1S/C17H25NO/c18-17(9-2-1-3-10-17)16-6-4-5-15(13-16)14-7-11-19-12-8-14/h4-6,13-14H,1-3,7-12,18H2. The maximum atomic E-state index is 6.65. The van der Waals surface area contributed by atoms with Crippen LogP contribution in [0.4, 0.5) is 0 Å². The fourth-order valence-corrected chi connectivity index (χ4v) is 3.60. The minimum absolute atomic E-state index is 0.0700. The van der Waals surface area contributed by atoms with E-state index in [0.717, 1.165) is 38.9 Å². The number of benzene rings is 1. The Morgan fingerprint density at radius 3 is 2.53 bits per heavy atom. The van der Waals surface area contributed by atoms with E-state index in [4.69, 9.17) is 10.5 Å². The van der Waals surface area contributed by atoms with Gasteiger partial charge in [-0.2, -0.15) is 0 Å². The number of ether oxygens (including phenoxy) is 1. The molecule has 104 valence electrons. The molecular weight excluding hydrogens is 234 g/mol. The molecule has 0 aromatic heterocycles. The zero-order chi connectivity index (χ0) is 13.1. The van der Waals surface area contributed by atoms with Crippen molar-refractivity contribution in [2.45, 2.75) is 56.4 Å². The average Bonchev–Trinajstić information content (AvgIpc) is 2.49. The van der Waals surface area contributed by atoms with Gasteiger partial charge in [-0.25, -0.2) is 0 Å². The van der Waals surface area contributed by atoms with E-state index in [-0.39, 0.29) is 5.54 Å². The van der Waals surface area contributed by atoms with Crippen LogP contribution in [-0.2, 0) is 10.3 Å². The first-order valence-corrected chi connectivity index (χ1v) is 7.75. The smallest absolute Gasteiger partial charge is 0.0471 e. The van der Waals surface area contributed by atoms with Gasteiger partial charge in [-0.15, -0.1) is 0 Å². The molecule has 0 radical (unpaired) electrons. The van der Waals surface area contributed by atoms with Crippen molar-refractivity contribution in [2.24, 2.45) is 5.73 Å². The van der Waals surface area contributed by atoms with Crippen LogP contribution < -0.4 is 5.73 Å². The van der Waals surface area contributed by atoms with E-state index in [9.17, 15) is 0 Å². The summed E-state index contributed by atoms with van der Waals surface area (Å²) < 4.78 is 5.46. The lowest BCUT2D eigenvalue weighted by atomic mass is 9.76. The minimum atomic E-state index is -0.0700. The lowest BCUT2D eigenvalue weighted by Crippen LogP contribution is -2.38. The molecule has 3 rings (SSSR count). The maximum Gasteiger partial charge on any atom is 0.0471 e. The normalized spacial score (nSPS) is 24.3. The highest BCUT2D eigenvalue weighted by Gasteiger charge is 2.29. The van der Waals surface area contributed by atoms with Crippen molar-refractivity contribution in [3.63, 3.8) is 0 Å². The van der Waals surface area contributed by atoms with Crippen LogP contribution in [0.5, 0.6) is 0 Å². The van der Waals surface area contributed by atoms with E-state index in [1.165, 1.54) is 30.4 Å². The third-order valence-corrected chi connectivity index (χ3v) is 4.90. The highest BCUT2D eigenvalue weighted by atomic mass is 16.5. The van der Waals surface area contributed by atoms with E-state index < -0.39 is 0 Å². The molecule has 0 atom stereocenters. The van der Waals surface area contributed by atoms with Crippen LogP contribution in [-0.4, -0.2) is 13.2 Å². The van der Waals surface area contributed by atoms with Crippen molar-refractivity contribution in [1.29, 1.82) is 0 Å². The molecule has 1 saturated carbocycles. The quantitative estimate of drug-likeness (QED) is 0.879. The van der Waals surface area contributed by atoms with Crippen LogP contribution in [0.1, 0.15) is 62.0 Å². The van der Waals surface area contributed by atoms with Gasteiger partial charge in [0.15, 0.2) is 0 Å². The summed E-state index contributed by atoms with van der Waals surface area (Å²) in [5.41, 5.74) is 9.41. The van der Waals surface area contributed by atoms with E-state index in [2.05, 4.69) is 24.3 Å². The van der Waals surface area contributed by atoms with E-state index in [1.54, 1.807) is 0 Å². The van der Waals surface area contributed by atoms with Crippen LogP contribution in [0.25, 0.3) is 0 Å². The van der Waals surface area contributed by atoms with Crippen molar-refractivity contribution < 1.29 is 4.74 Å². The van der Waals surface area contributed by atoms with Crippen molar-refractivity contribution in [3.8, 4) is 0 Å². The van der Waals surface area contributed by atoms with Gasteiger partial charge in [0.2, 0.25) is 0 Å². The lowest BCUT2D eigenvalue weighted by Gasteiger charge is -2.34. The van der Waals surface area contributed by atoms with Crippen molar-refractivity contribution in [2.75, 3.05) is 13.2 Å². The van der Waals surface area contributed by atoms with Gasteiger partial charge < -0.3 is 10.5 Å². The predicted molar refractivity (Wildman–Crippen MR) is 78.2 cm³/mol.